The third kappa shape index (κ3) is 2.23. The van der Waals surface area contributed by atoms with E-state index in [1.807, 2.05) is 24.3 Å². The van der Waals surface area contributed by atoms with Crippen LogP contribution < -0.4 is 10.1 Å². The van der Waals surface area contributed by atoms with Crippen LogP contribution in [0.1, 0.15) is 18.0 Å². The minimum absolute atomic E-state index is 0.0324. The van der Waals surface area contributed by atoms with E-state index < -0.39 is 0 Å². The van der Waals surface area contributed by atoms with E-state index >= 15 is 0 Å². The van der Waals surface area contributed by atoms with Crippen LogP contribution in [0.3, 0.4) is 0 Å². The molecule has 0 radical (unpaired) electrons. The molecule has 1 aliphatic rings. The third-order valence-corrected chi connectivity index (χ3v) is 4.58. The molecule has 3 nitrogen and oxygen atoms in total. The van der Waals surface area contributed by atoms with Crippen molar-refractivity contribution in [1.29, 1.82) is 0 Å². The summed E-state index contributed by atoms with van der Waals surface area (Å²) in [5, 5.41) is 4.27. The second-order valence-corrected chi connectivity index (χ2v) is 6.01. The van der Waals surface area contributed by atoms with Crippen LogP contribution in [0.5, 0.6) is 5.75 Å². The van der Waals surface area contributed by atoms with Crippen LogP contribution in [0, 0.1) is 5.82 Å². The molecule has 1 N–H and O–H groups in total. The molecule has 2 heterocycles. The smallest absolute Gasteiger partial charge is 0.184 e. The van der Waals surface area contributed by atoms with Crippen LogP contribution in [0.4, 0.5) is 9.52 Å². The molecule has 0 aliphatic carbocycles. The minimum atomic E-state index is -0.303. The Morgan fingerprint density at radius 1 is 1.19 bits per heavy atom. The summed E-state index contributed by atoms with van der Waals surface area (Å²) in [6, 6.07) is 13.1. The highest BCUT2D eigenvalue weighted by Crippen LogP contribution is 2.37. The van der Waals surface area contributed by atoms with Gasteiger partial charge in [-0.3, -0.25) is 0 Å². The van der Waals surface area contributed by atoms with Crippen molar-refractivity contribution < 1.29 is 9.13 Å². The van der Waals surface area contributed by atoms with Crippen LogP contribution in [-0.2, 0) is 0 Å². The van der Waals surface area contributed by atoms with Gasteiger partial charge in [-0.05, 0) is 18.2 Å². The van der Waals surface area contributed by atoms with E-state index in [0.717, 1.165) is 27.3 Å². The monoisotopic (exact) mass is 300 g/mol. The number of benzene rings is 2. The van der Waals surface area contributed by atoms with Crippen LogP contribution in [0.2, 0.25) is 0 Å². The van der Waals surface area contributed by atoms with E-state index in [1.165, 1.54) is 6.07 Å². The molecule has 0 saturated heterocycles. The number of hydrogen-bond donors (Lipinski definition) is 1. The van der Waals surface area contributed by atoms with Gasteiger partial charge in [0.25, 0.3) is 0 Å². The molecule has 1 aliphatic heterocycles. The number of rotatable bonds is 2. The van der Waals surface area contributed by atoms with Gasteiger partial charge in [0.15, 0.2) is 16.7 Å². The summed E-state index contributed by atoms with van der Waals surface area (Å²) < 4.78 is 20.4. The lowest BCUT2D eigenvalue weighted by Crippen LogP contribution is -2.21. The molecule has 5 heteroatoms. The van der Waals surface area contributed by atoms with E-state index in [9.17, 15) is 4.39 Å². The SMILES string of the molecule is Fc1cccc2c1OCC[C@@H]2Nc1nc2ccccc2s1. The maximum Gasteiger partial charge on any atom is 0.184 e. The van der Waals surface area contributed by atoms with Gasteiger partial charge in [-0.2, -0.15) is 0 Å². The number of hydrogen-bond acceptors (Lipinski definition) is 4. The van der Waals surface area contributed by atoms with Crippen molar-refractivity contribution in [2.45, 2.75) is 12.5 Å². The number of anilines is 1. The lowest BCUT2D eigenvalue weighted by Gasteiger charge is -2.26. The van der Waals surface area contributed by atoms with Crippen molar-refractivity contribution in [3.63, 3.8) is 0 Å². The fourth-order valence-corrected chi connectivity index (χ4v) is 3.54. The van der Waals surface area contributed by atoms with Crippen LogP contribution >= 0.6 is 11.3 Å². The summed E-state index contributed by atoms with van der Waals surface area (Å²) >= 11 is 1.61. The molecule has 0 amide bonds. The maximum absolute atomic E-state index is 13.8. The molecular weight excluding hydrogens is 287 g/mol. The fourth-order valence-electron chi connectivity index (χ4n) is 2.62. The van der Waals surface area contributed by atoms with Gasteiger partial charge in [-0.15, -0.1) is 0 Å². The van der Waals surface area contributed by atoms with Gasteiger partial charge < -0.3 is 10.1 Å². The number of nitrogens with one attached hydrogen (secondary N) is 1. The molecule has 0 spiro atoms. The Balaban J connectivity index is 1.68. The average Bonchev–Trinajstić information content (AvgIpc) is 2.90. The van der Waals surface area contributed by atoms with Gasteiger partial charge in [0.2, 0.25) is 0 Å². The van der Waals surface area contributed by atoms with E-state index in [4.69, 9.17) is 4.74 Å². The predicted octanol–water partition coefficient (Wildman–Crippen LogP) is 4.37. The summed E-state index contributed by atoms with van der Waals surface area (Å²) in [4.78, 5) is 4.58. The molecule has 0 unspecified atom stereocenters. The number of aromatic nitrogens is 1. The van der Waals surface area contributed by atoms with Crippen molar-refractivity contribution in [2.75, 3.05) is 11.9 Å². The standard InChI is InChI=1S/C16H13FN2OS/c17-11-5-3-4-10-12(8-9-20-15(10)11)18-16-19-13-6-1-2-7-14(13)21-16/h1-7,12H,8-9H2,(H,18,19)/t12-/m0/s1. The molecule has 0 fully saturated rings. The Hall–Kier alpha value is -2.14. The molecule has 1 atom stereocenters. The van der Waals surface area contributed by atoms with Gasteiger partial charge >= 0.3 is 0 Å². The fraction of sp³-hybridized carbons (Fsp3) is 0.188. The molecule has 3 aromatic rings. The molecule has 2 aromatic carbocycles. The first-order chi connectivity index (χ1) is 10.3. The molecule has 1 aromatic heterocycles. The van der Waals surface area contributed by atoms with Gasteiger partial charge in [0.1, 0.15) is 0 Å². The summed E-state index contributed by atoms with van der Waals surface area (Å²) in [5.41, 5.74) is 1.84. The molecular formula is C16H13FN2OS. The van der Waals surface area contributed by atoms with Crippen molar-refractivity contribution >= 4 is 26.7 Å². The first kappa shape index (κ1) is 12.6. The van der Waals surface area contributed by atoms with Crippen molar-refractivity contribution in [1.82, 2.24) is 4.98 Å². The highest BCUT2D eigenvalue weighted by atomic mass is 32.1. The van der Waals surface area contributed by atoms with Gasteiger partial charge in [0, 0.05) is 12.0 Å². The quantitative estimate of drug-likeness (QED) is 0.763. The minimum Gasteiger partial charge on any atom is -0.490 e. The first-order valence-corrected chi connectivity index (χ1v) is 7.66. The first-order valence-electron chi connectivity index (χ1n) is 6.84. The van der Waals surface area contributed by atoms with Gasteiger partial charge in [-0.1, -0.05) is 35.6 Å². The maximum atomic E-state index is 13.8. The zero-order valence-corrected chi connectivity index (χ0v) is 12.0. The van der Waals surface area contributed by atoms with E-state index in [1.54, 1.807) is 17.4 Å². The highest BCUT2D eigenvalue weighted by Gasteiger charge is 2.24. The highest BCUT2D eigenvalue weighted by molar-refractivity contribution is 7.22. The summed E-state index contributed by atoms with van der Waals surface area (Å²) in [5.74, 6) is 0.0608. The van der Waals surface area contributed by atoms with Crippen molar-refractivity contribution in [3.8, 4) is 5.75 Å². The second-order valence-electron chi connectivity index (χ2n) is 4.98. The number of para-hydroxylation sites is 2. The van der Waals surface area contributed by atoms with Crippen molar-refractivity contribution in [2.24, 2.45) is 0 Å². The number of fused-ring (bicyclic) bond motifs is 2. The number of halogens is 1. The van der Waals surface area contributed by atoms with Crippen LogP contribution in [0.25, 0.3) is 10.2 Å². The summed E-state index contributed by atoms with van der Waals surface area (Å²) in [6.45, 7) is 0.510. The van der Waals surface area contributed by atoms with Gasteiger partial charge in [-0.25, -0.2) is 9.37 Å². The zero-order chi connectivity index (χ0) is 14.2. The molecule has 21 heavy (non-hydrogen) atoms. The zero-order valence-electron chi connectivity index (χ0n) is 11.2. The summed E-state index contributed by atoms with van der Waals surface area (Å²) in [6.07, 6.45) is 0.798. The van der Waals surface area contributed by atoms with E-state index in [2.05, 4.69) is 16.4 Å². The lowest BCUT2D eigenvalue weighted by atomic mass is 10.0. The Labute approximate surface area is 125 Å². The van der Waals surface area contributed by atoms with Gasteiger partial charge in [0.05, 0.1) is 22.9 Å². The lowest BCUT2D eigenvalue weighted by molar-refractivity contribution is 0.260. The predicted molar refractivity (Wildman–Crippen MR) is 82.5 cm³/mol. The second kappa shape index (κ2) is 5.00. The van der Waals surface area contributed by atoms with E-state index in [-0.39, 0.29) is 11.9 Å². The largest absolute Gasteiger partial charge is 0.490 e. The van der Waals surface area contributed by atoms with Crippen molar-refractivity contribution in [3.05, 3.63) is 53.8 Å². The summed E-state index contributed by atoms with van der Waals surface area (Å²) in [7, 11) is 0. The van der Waals surface area contributed by atoms with Crippen LogP contribution in [0.15, 0.2) is 42.5 Å². The van der Waals surface area contributed by atoms with Crippen LogP contribution in [-0.4, -0.2) is 11.6 Å². The number of thiazole rings is 1. The Bertz CT molecular complexity index is 769. The molecule has 4 rings (SSSR count). The normalized spacial score (nSPS) is 17.3. The molecule has 0 bridgehead atoms. The number of ether oxygens (including phenoxy) is 1. The Morgan fingerprint density at radius 3 is 3.00 bits per heavy atom. The molecule has 0 saturated carbocycles. The molecule has 106 valence electrons. The third-order valence-electron chi connectivity index (χ3n) is 3.62. The Morgan fingerprint density at radius 2 is 2.10 bits per heavy atom. The number of nitrogens with zero attached hydrogens (tertiary/aromatic N) is 1. The average molecular weight is 300 g/mol. The van der Waals surface area contributed by atoms with E-state index in [0.29, 0.717) is 12.4 Å². The topological polar surface area (TPSA) is 34.1 Å². The Kier molecular flexibility index (Phi) is 3.00.